The number of carbonyl (C=O) groups excluding carboxylic acids is 1. The maximum Gasteiger partial charge on any atom is 0.431 e. The highest BCUT2D eigenvalue weighted by molar-refractivity contribution is 6.08. The number of amides is 1. The molecule has 3 N–H and O–H groups in total. The van der Waals surface area contributed by atoms with Gasteiger partial charge in [0.25, 0.3) is 5.91 Å². The zero-order valence-corrected chi connectivity index (χ0v) is 18.5. The van der Waals surface area contributed by atoms with Crippen molar-refractivity contribution in [3.8, 4) is 0 Å². The van der Waals surface area contributed by atoms with Crippen molar-refractivity contribution >= 4 is 23.3 Å². The topological polar surface area (TPSA) is 78.4 Å². The maximum absolute atomic E-state index is 13.7. The van der Waals surface area contributed by atoms with Crippen molar-refractivity contribution in [1.29, 1.82) is 0 Å². The number of halogens is 4. The first-order valence-corrected chi connectivity index (χ1v) is 10.0. The van der Waals surface area contributed by atoms with Gasteiger partial charge in [0.2, 0.25) is 0 Å². The number of benzene rings is 2. The van der Waals surface area contributed by atoms with Gasteiger partial charge in [-0.3, -0.25) is 4.79 Å². The van der Waals surface area contributed by atoms with Gasteiger partial charge in [0, 0.05) is 11.3 Å². The smallest absolute Gasteiger partial charge is 0.431 e. The number of carboxylic acids is 1. The predicted octanol–water partition coefficient (Wildman–Crippen LogP) is 6.04. The van der Waals surface area contributed by atoms with Crippen molar-refractivity contribution in [1.82, 2.24) is 5.32 Å². The molecule has 176 valence electrons. The quantitative estimate of drug-likeness (QED) is 0.345. The molecule has 0 radical (unpaired) electrons. The van der Waals surface area contributed by atoms with E-state index in [-0.39, 0.29) is 40.1 Å². The summed E-state index contributed by atoms with van der Waals surface area (Å²) < 4.78 is 54.5. The zero-order valence-electron chi connectivity index (χ0n) is 18.5. The third kappa shape index (κ3) is 6.44. The Labute approximate surface area is 188 Å². The van der Waals surface area contributed by atoms with Crippen LogP contribution in [0.3, 0.4) is 0 Å². The molecule has 2 aromatic carbocycles. The van der Waals surface area contributed by atoms with Crippen LogP contribution in [0, 0.1) is 12.7 Å². The van der Waals surface area contributed by atoms with Crippen molar-refractivity contribution in [2.45, 2.75) is 40.3 Å². The number of allylic oxidation sites excluding steroid dienone is 2. The molecular formula is C24H24F4N2O3. The fourth-order valence-electron chi connectivity index (χ4n) is 2.99. The monoisotopic (exact) mass is 464 g/mol. The summed E-state index contributed by atoms with van der Waals surface area (Å²) in [6.45, 7) is 5.81. The molecule has 0 bridgehead atoms. The second kappa shape index (κ2) is 10.3. The van der Waals surface area contributed by atoms with Crippen LogP contribution in [0.4, 0.5) is 23.2 Å². The zero-order chi connectivity index (χ0) is 24.9. The predicted molar refractivity (Wildman–Crippen MR) is 118 cm³/mol. The lowest BCUT2D eigenvalue weighted by Gasteiger charge is -2.21. The number of aromatic carboxylic acids is 1. The van der Waals surface area contributed by atoms with Crippen molar-refractivity contribution in [2.24, 2.45) is 0 Å². The van der Waals surface area contributed by atoms with Gasteiger partial charge in [-0.2, -0.15) is 13.2 Å². The maximum atomic E-state index is 13.7. The van der Waals surface area contributed by atoms with Crippen LogP contribution in [-0.4, -0.2) is 23.2 Å². The third-order valence-corrected chi connectivity index (χ3v) is 5.06. The lowest BCUT2D eigenvalue weighted by molar-refractivity contribution is -0.112. The molecule has 0 aromatic heterocycles. The van der Waals surface area contributed by atoms with E-state index in [9.17, 15) is 32.3 Å². The minimum Gasteiger partial charge on any atom is -0.478 e. The summed E-state index contributed by atoms with van der Waals surface area (Å²) in [7, 11) is 0. The Balaban J connectivity index is 2.55. The molecule has 0 saturated carbocycles. The van der Waals surface area contributed by atoms with Gasteiger partial charge >= 0.3 is 12.1 Å². The van der Waals surface area contributed by atoms with E-state index in [1.54, 1.807) is 13.8 Å². The molecule has 0 aliphatic heterocycles. The Morgan fingerprint density at radius 2 is 1.64 bits per heavy atom. The van der Waals surface area contributed by atoms with Crippen LogP contribution >= 0.6 is 0 Å². The lowest BCUT2D eigenvalue weighted by Crippen LogP contribution is -2.29. The summed E-state index contributed by atoms with van der Waals surface area (Å²) in [4.78, 5) is 24.3. The molecule has 33 heavy (non-hydrogen) atoms. The minimum absolute atomic E-state index is 0.0211. The SMILES string of the molecule is CC/C(C)=C(/N/C(=C(\C)C(=O)Nc1ccc(C)c(C(=O)O)c1)c1ccc(F)cc1)C(F)(F)F. The average Bonchev–Trinajstić information content (AvgIpc) is 2.74. The molecule has 0 aliphatic rings. The Kier molecular flexibility index (Phi) is 8.03. The van der Waals surface area contributed by atoms with E-state index in [1.807, 2.05) is 0 Å². The summed E-state index contributed by atoms with van der Waals surface area (Å²) in [6, 6.07) is 8.93. The van der Waals surface area contributed by atoms with Gasteiger partial charge in [0.05, 0.1) is 11.3 Å². The average molecular weight is 464 g/mol. The second-order valence-electron chi connectivity index (χ2n) is 7.43. The standard InChI is InChI=1S/C24H24F4N2O3/c1-5-13(2)21(24(26,27)28)30-20(16-7-9-17(25)10-8-16)15(4)22(31)29-18-11-6-14(3)19(12-18)23(32)33/h6-12,30H,5H2,1-4H3,(H,29,31)(H,32,33)/b20-15+,21-13+. The highest BCUT2D eigenvalue weighted by Gasteiger charge is 2.36. The van der Waals surface area contributed by atoms with Crippen LogP contribution < -0.4 is 10.6 Å². The molecule has 0 heterocycles. The number of anilines is 1. The summed E-state index contributed by atoms with van der Waals surface area (Å²) in [5, 5.41) is 14.1. The van der Waals surface area contributed by atoms with Crippen molar-refractivity contribution < 1.29 is 32.3 Å². The van der Waals surface area contributed by atoms with Gasteiger partial charge in [0.1, 0.15) is 11.5 Å². The van der Waals surface area contributed by atoms with Crippen molar-refractivity contribution in [3.05, 3.63) is 81.8 Å². The summed E-state index contributed by atoms with van der Waals surface area (Å²) in [5.41, 5.74) is -0.451. The van der Waals surface area contributed by atoms with Crippen LogP contribution in [0.25, 0.3) is 5.70 Å². The van der Waals surface area contributed by atoms with Gasteiger partial charge in [-0.15, -0.1) is 0 Å². The van der Waals surface area contributed by atoms with E-state index < -0.39 is 29.6 Å². The number of alkyl halides is 3. The summed E-state index contributed by atoms with van der Waals surface area (Å²) >= 11 is 0. The van der Waals surface area contributed by atoms with E-state index in [4.69, 9.17) is 0 Å². The summed E-state index contributed by atoms with van der Waals surface area (Å²) in [6.07, 6.45) is -4.60. The molecule has 2 rings (SSSR count). The molecule has 0 atom stereocenters. The largest absolute Gasteiger partial charge is 0.478 e. The number of rotatable bonds is 7. The van der Waals surface area contributed by atoms with Crippen molar-refractivity contribution in [3.63, 3.8) is 0 Å². The van der Waals surface area contributed by atoms with Gasteiger partial charge in [-0.25, -0.2) is 9.18 Å². The van der Waals surface area contributed by atoms with Crippen LogP contribution in [0.2, 0.25) is 0 Å². The number of hydrogen-bond acceptors (Lipinski definition) is 3. The van der Waals surface area contributed by atoms with Crippen LogP contribution in [-0.2, 0) is 4.79 Å². The first kappa shape index (κ1) is 25.6. The van der Waals surface area contributed by atoms with E-state index in [1.165, 1.54) is 44.2 Å². The number of carbonyl (C=O) groups is 2. The van der Waals surface area contributed by atoms with Crippen molar-refractivity contribution in [2.75, 3.05) is 5.32 Å². The Bertz CT molecular complexity index is 1120. The minimum atomic E-state index is -4.71. The number of nitrogens with one attached hydrogen (secondary N) is 2. The third-order valence-electron chi connectivity index (χ3n) is 5.06. The highest BCUT2D eigenvalue weighted by Crippen LogP contribution is 2.31. The Hall–Kier alpha value is -3.62. The van der Waals surface area contributed by atoms with E-state index >= 15 is 0 Å². The molecule has 1 amide bonds. The van der Waals surface area contributed by atoms with Gasteiger partial charge in [-0.05, 0) is 80.3 Å². The molecule has 0 unspecified atom stereocenters. The van der Waals surface area contributed by atoms with Crippen LogP contribution in [0.1, 0.15) is 48.7 Å². The molecule has 0 spiro atoms. The van der Waals surface area contributed by atoms with Crippen LogP contribution in [0.5, 0.6) is 0 Å². The molecule has 0 fully saturated rings. The first-order chi connectivity index (χ1) is 15.3. The first-order valence-electron chi connectivity index (χ1n) is 10.0. The fraction of sp³-hybridized carbons (Fsp3) is 0.250. The van der Waals surface area contributed by atoms with Gasteiger partial charge in [-0.1, -0.05) is 13.0 Å². The number of aryl methyl sites for hydroxylation is 1. The number of hydrogen-bond donors (Lipinski definition) is 3. The molecule has 0 aliphatic carbocycles. The fourth-order valence-corrected chi connectivity index (χ4v) is 2.99. The normalized spacial score (nSPS) is 13.1. The van der Waals surface area contributed by atoms with Gasteiger partial charge < -0.3 is 15.7 Å². The van der Waals surface area contributed by atoms with E-state index in [2.05, 4.69) is 10.6 Å². The highest BCUT2D eigenvalue weighted by atomic mass is 19.4. The Morgan fingerprint density at radius 1 is 1.03 bits per heavy atom. The number of carboxylic acid groups (broad SMARTS) is 1. The molecule has 2 aromatic rings. The lowest BCUT2D eigenvalue weighted by atomic mass is 10.0. The van der Waals surface area contributed by atoms with Crippen LogP contribution in [0.15, 0.2) is 59.3 Å². The molecular weight excluding hydrogens is 440 g/mol. The summed E-state index contributed by atoms with van der Waals surface area (Å²) in [5.74, 6) is -2.52. The molecule has 5 nitrogen and oxygen atoms in total. The molecule has 9 heteroatoms. The van der Waals surface area contributed by atoms with E-state index in [0.29, 0.717) is 5.56 Å². The van der Waals surface area contributed by atoms with Gasteiger partial charge in [0.15, 0.2) is 0 Å². The Morgan fingerprint density at radius 3 is 2.15 bits per heavy atom. The molecule has 0 saturated heterocycles. The second-order valence-corrected chi connectivity index (χ2v) is 7.43. The van der Waals surface area contributed by atoms with E-state index in [0.717, 1.165) is 12.1 Å².